The summed E-state index contributed by atoms with van der Waals surface area (Å²) in [5, 5.41) is 12.7. The highest BCUT2D eigenvalue weighted by molar-refractivity contribution is 6.07. The molecule has 0 aliphatic rings. The highest BCUT2D eigenvalue weighted by Gasteiger charge is 2.24. The Bertz CT molecular complexity index is 1370. The lowest BCUT2D eigenvalue weighted by molar-refractivity contribution is 0.0920. The molecule has 0 aliphatic heterocycles. The monoisotopic (exact) mass is 458 g/mol. The summed E-state index contributed by atoms with van der Waals surface area (Å²) in [6.07, 6.45) is 2.98. The summed E-state index contributed by atoms with van der Waals surface area (Å²) in [6.45, 7) is 7.58. The number of rotatable bonds is 4. The number of nitrogens with one attached hydrogen (secondary N) is 3. The van der Waals surface area contributed by atoms with Crippen molar-refractivity contribution in [3.63, 3.8) is 0 Å². The van der Waals surface area contributed by atoms with Crippen molar-refractivity contribution in [2.75, 3.05) is 16.4 Å². The molecule has 0 bridgehead atoms. The predicted molar refractivity (Wildman–Crippen MR) is 132 cm³/mol. The molecule has 0 unspecified atom stereocenters. The van der Waals surface area contributed by atoms with E-state index in [0.717, 1.165) is 11.3 Å². The fourth-order valence-electron chi connectivity index (χ4n) is 3.52. The molecular weight excluding hydrogens is 432 g/mol. The number of anilines is 3. The SMILES string of the molecule is Cc1cccc(NC(=O)Nc2ccc(-c3c(C(=O)NC(C)(C)C)cn4ncnc(N)c34)cc2)n1. The van der Waals surface area contributed by atoms with Gasteiger partial charge in [-0.05, 0) is 57.5 Å². The highest BCUT2D eigenvalue weighted by Crippen LogP contribution is 2.33. The van der Waals surface area contributed by atoms with Crippen LogP contribution >= 0.6 is 0 Å². The van der Waals surface area contributed by atoms with Crippen molar-refractivity contribution in [2.45, 2.75) is 33.2 Å². The van der Waals surface area contributed by atoms with Crippen molar-refractivity contribution in [1.82, 2.24) is 24.9 Å². The van der Waals surface area contributed by atoms with Gasteiger partial charge in [-0.3, -0.25) is 10.1 Å². The van der Waals surface area contributed by atoms with Crippen LogP contribution in [-0.4, -0.2) is 37.1 Å². The van der Waals surface area contributed by atoms with Gasteiger partial charge >= 0.3 is 6.03 Å². The zero-order valence-electron chi connectivity index (χ0n) is 19.4. The number of hydrogen-bond acceptors (Lipinski definition) is 6. The van der Waals surface area contributed by atoms with Crippen LogP contribution in [0.1, 0.15) is 36.8 Å². The molecule has 4 aromatic rings. The minimum Gasteiger partial charge on any atom is -0.382 e. The molecule has 0 atom stereocenters. The summed E-state index contributed by atoms with van der Waals surface area (Å²) in [7, 11) is 0. The molecule has 0 radical (unpaired) electrons. The lowest BCUT2D eigenvalue weighted by atomic mass is 10.0. The van der Waals surface area contributed by atoms with Crippen molar-refractivity contribution in [2.24, 2.45) is 0 Å². The molecule has 3 aromatic heterocycles. The van der Waals surface area contributed by atoms with Crippen LogP contribution in [0.25, 0.3) is 16.6 Å². The van der Waals surface area contributed by atoms with E-state index in [1.807, 2.05) is 39.8 Å². The number of carbonyl (C=O) groups is 2. The Morgan fingerprint density at radius 2 is 1.76 bits per heavy atom. The molecular formula is C24H26N8O2. The van der Waals surface area contributed by atoms with Gasteiger partial charge in [0.2, 0.25) is 0 Å². The number of nitrogen functional groups attached to an aromatic ring is 1. The number of urea groups is 1. The van der Waals surface area contributed by atoms with Gasteiger partial charge in [0.25, 0.3) is 5.91 Å². The number of amides is 3. The molecule has 34 heavy (non-hydrogen) atoms. The number of benzene rings is 1. The van der Waals surface area contributed by atoms with E-state index in [1.165, 1.54) is 6.33 Å². The largest absolute Gasteiger partial charge is 0.382 e. The molecule has 0 aliphatic carbocycles. The smallest absolute Gasteiger partial charge is 0.324 e. The van der Waals surface area contributed by atoms with E-state index < -0.39 is 11.6 Å². The van der Waals surface area contributed by atoms with E-state index in [-0.39, 0.29) is 11.7 Å². The summed E-state index contributed by atoms with van der Waals surface area (Å²) in [4.78, 5) is 33.8. The van der Waals surface area contributed by atoms with Gasteiger partial charge in [0.1, 0.15) is 17.7 Å². The zero-order chi connectivity index (χ0) is 24.5. The number of aromatic nitrogens is 4. The zero-order valence-corrected chi connectivity index (χ0v) is 19.4. The van der Waals surface area contributed by atoms with Crippen LogP contribution in [0.2, 0.25) is 0 Å². The molecule has 3 heterocycles. The summed E-state index contributed by atoms with van der Waals surface area (Å²) < 4.78 is 1.55. The number of hydrogen-bond donors (Lipinski definition) is 4. The molecule has 1 aromatic carbocycles. The minimum atomic E-state index is -0.424. The maximum Gasteiger partial charge on any atom is 0.324 e. The molecule has 10 heteroatoms. The molecule has 3 amide bonds. The lowest BCUT2D eigenvalue weighted by Gasteiger charge is -2.20. The van der Waals surface area contributed by atoms with Gasteiger partial charge in [0, 0.05) is 28.7 Å². The van der Waals surface area contributed by atoms with Crippen molar-refractivity contribution in [1.29, 1.82) is 0 Å². The van der Waals surface area contributed by atoms with Gasteiger partial charge < -0.3 is 16.4 Å². The lowest BCUT2D eigenvalue weighted by Crippen LogP contribution is -2.40. The maximum atomic E-state index is 13.1. The van der Waals surface area contributed by atoms with Crippen LogP contribution in [0.3, 0.4) is 0 Å². The normalized spacial score (nSPS) is 11.3. The summed E-state index contributed by atoms with van der Waals surface area (Å²) in [5.41, 5.74) is 9.39. The number of carbonyl (C=O) groups excluding carboxylic acids is 2. The van der Waals surface area contributed by atoms with Crippen LogP contribution in [0.15, 0.2) is 55.0 Å². The maximum absolute atomic E-state index is 13.1. The fraction of sp³-hybridized carbons (Fsp3) is 0.208. The molecule has 0 spiro atoms. The van der Waals surface area contributed by atoms with Crippen molar-refractivity contribution in [3.8, 4) is 11.1 Å². The third-order valence-electron chi connectivity index (χ3n) is 4.90. The Morgan fingerprint density at radius 3 is 2.44 bits per heavy atom. The second-order valence-corrected chi connectivity index (χ2v) is 8.88. The first-order valence-corrected chi connectivity index (χ1v) is 10.7. The Morgan fingerprint density at radius 1 is 1.03 bits per heavy atom. The third-order valence-corrected chi connectivity index (χ3v) is 4.90. The first kappa shape index (κ1) is 22.7. The highest BCUT2D eigenvalue weighted by atomic mass is 16.2. The Kier molecular flexibility index (Phi) is 5.89. The molecule has 0 saturated heterocycles. The minimum absolute atomic E-state index is 0.250. The standard InChI is InChI=1S/C24H26N8O2/c1-14-6-5-7-18(28-14)30-23(34)29-16-10-8-15(9-11-16)19-17(22(33)31-24(2,3)4)12-32-20(19)21(25)26-13-27-32/h5-13H,1-4H3,(H,31,33)(H2,25,26,27)(H2,28,29,30,34). The summed E-state index contributed by atoms with van der Waals surface area (Å²) in [6, 6.07) is 12.1. The van der Waals surface area contributed by atoms with E-state index in [4.69, 9.17) is 5.73 Å². The Labute approximate surface area is 196 Å². The van der Waals surface area contributed by atoms with Crippen LogP contribution < -0.4 is 21.7 Å². The molecule has 5 N–H and O–H groups in total. The average molecular weight is 459 g/mol. The first-order valence-electron chi connectivity index (χ1n) is 10.7. The predicted octanol–water partition coefficient (Wildman–Crippen LogP) is 3.85. The second-order valence-electron chi connectivity index (χ2n) is 8.88. The van der Waals surface area contributed by atoms with Crippen LogP contribution in [0.5, 0.6) is 0 Å². The quantitative estimate of drug-likeness (QED) is 0.366. The van der Waals surface area contributed by atoms with Crippen LogP contribution in [0.4, 0.5) is 22.1 Å². The van der Waals surface area contributed by atoms with Crippen molar-refractivity contribution >= 4 is 34.8 Å². The molecule has 174 valence electrons. The number of fused-ring (bicyclic) bond motifs is 1. The molecule has 4 rings (SSSR count). The average Bonchev–Trinajstić information content (AvgIpc) is 3.14. The molecule has 10 nitrogen and oxygen atoms in total. The molecule has 0 saturated carbocycles. The van der Waals surface area contributed by atoms with Gasteiger partial charge in [-0.15, -0.1) is 0 Å². The van der Waals surface area contributed by atoms with Crippen molar-refractivity contribution < 1.29 is 9.59 Å². The number of nitrogens with zero attached hydrogens (tertiary/aromatic N) is 4. The summed E-state index contributed by atoms with van der Waals surface area (Å²) >= 11 is 0. The van der Waals surface area contributed by atoms with E-state index in [2.05, 4.69) is 31.0 Å². The molecule has 0 fully saturated rings. The summed E-state index contributed by atoms with van der Waals surface area (Å²) in [5.74, 6) is 0.464. The van der Waals surface area contributed by atoms with Crippen molar-refractivity contribution in [3.05, 3.63) is 66.2 Å². The first-order chi connectivity index (χ1) is 16.1. The van der Waals surface area contributed by atoms with Gasteiger partial charge in [-0.2, -0.15) is 5.10 Å². The third kappa shape index (κ3) is 4.96. The van der Waals surface area contributed by atoms with Gasteiger partial charge in [-0.1, -0.05) is 18.2 Å². The number of pyridine rings is 1. The van der Waals surface area contributed by atoms with Gasteiger partial charge in [-0.25, -0.2) is 19.3 Å². The van der Waals surface area contributed by atoms with Crippen LogP contribution in [0, 0.1) is 6.92 Å². The number of nitrogens with two attached hydrogens (primary N) is 1. The Hall–Kier alpha value is -4.47. The fourth-order valence-corrected chi connectivity index (χ4v) is 3.52. The topological polar surface area (TPSA) is 139 Å². The second kappa shape index (κ2) is 8.81. The van der Waals surface area contributed by atoms with E-state index in [0.29, 0.717) is 28.1 Å². The van der Waals surface area contributed by atoms with E-state index in [1.54, 1.807) is 41.0 Å². The van der Waals surface area contributed by atoms with Gasteiger partial charge in [0.05, 0.1) is 5.56 Å². The van der Waals surface area contributed by atoms with Gasteiger partial charge in [0.15, 0.2) is 5.82 Å². The van der Waals surface area contributed by atoms with E-state index in [9.17, 15) is 9.59 Å². The number of aryl methyl sites for hydroxylation is 1. The Balaban J connectivity index is 1.63. The van der Waals surface area contributed by atoms with Crippen LogP contribution in [-0.2, 0) is 0 Å². The van der Waals surface area contributed by atoms with E-state index >= 15 is 0 Å².